The number of carbonyl (C=O) groups excluding carboxylic acids is 1. The van der Waals surface area contributed by atoms with Gasteiger partial charge in [-0.2, -0.15) is 5.10 Å². The summed E-state index contributed by atoms with van der Waals surface area (Å²) in [6.45, 7) is 4.72. The van der Waals surface area contributed by atoms with Gasteiger partial charge in [0, 0.05) is 19.6 Å². The minimum atomic E-state index is -1.33. The zero-order valence-electron chi connectivity index (χ0n) is 11.7. The number of carboxylic acid groups (broad SMARTS) is 1. The molecule has 0 aromatic carbocycles. The molecular weight excluding hydrogens is 262 g/mol. The number of aliphatic carboxylic acids is 1. The maximum Gasteiger partial charge on any atom is 0.331 e. The van der Waals surface area contributed by atoms with Crippen molar-refractivity contribution in [2.24, 2.45) is 0 Å². The molecule has 1 aromatic rings. The molecular formula is C13H19N3O4. The Morgan fingerprint density at radius 1 is 1.55 bits per heavy atom. The summed E-state index contributed by atoms with van der Waals surface area (Å²) >= 11 is 0. The Morgan fingerprint density at radius 3 is 2.80 bits per heavy atom. The molecule has 1 atom stereocenters. The molecule has 0 saturated carbocycles. The van der Waals surface area contributed by atoms with Gasteiger partial charge < -0.3 is 15.2 Å². The highest BCUT2D eigenvalue weighted by molar-refractivity contribution is 5.97. The number of aromatic nitrogens is 2. The molecule has 1 unspecified atom stereocenters. The van der Waals surface area contributed by atoms with Gasteiger partial charge in [-0.25, -0.2) is 4.79 Å². The second-order valence-corrected chi connectivity index (χ2v) is 4.83. The van der Waals surface area contributed by atoms with Crippen LogP contribution < -0.4 is 5.32 Å². The van der Waals surface area contributed by atoms with E-state index >= 15 is 0 Å². The van der Waals surface area contributed by atoms with Crippen molar-refractivity contribution in [3.8, 4) is 0 Å². The first-order valence-electron chi connectivity index (χ1n) is 6.72. The van der Waals surface area contributed by atoms with Crippen LogP contribution in [0.5, 0.6) is 0 Å². The van der Waals surface area contributed by atoms with E-state index in [1.165, 1.54) is 0 Å². The zero-order chi connectivity index (χ0) is 14.8. The Hall–Kier alpha value is -1.89. The molecule has 2 N–H and O–H groups in total. The zero-order valence-corrected chi connectivity index (χ0v) is 11.7. The summed E-state index contributed by atoms with van der Waals surface area (Å²) in [5.41, 5.74) is -0.132. The van der Waals surface area contributed by atoms with Crippen LogP contribution in [-0.2, 0) is 22.5 Å². The van der Waals surface area contributed by atoms with Crippen LogP contribution in [-0.4, -0.2) is 45.5 Å². The number of nitrogens with zero attached hydrogens (tertiary/aromatic N) is 2. The SMILES string of the molecule is CCc1cc(C(=O)NC2(C(=O)O)CCOC2)n(CC)n1. The van der Waals surface area contributed by atoms with Crippen molar-refractivity contribution in [1.82, 2.24) is 15.1 Å². The van der Waals surface area contributed by atoms with Crippen molar-refractivity contribution in [1.29, 1.82) is 0 Å². The fourth-order valence-electron chi connectivity index (χ4n) is 2.23. The van der Waals surface area contributed by atoms with Crippen molar-refractivity contribution in [3.05, 3.63) is 17.5 Å². The maximum absolute atomic E-state index is 12.3. The van der Waals surface area contributed by atoms with Gasteiger partial charge in [0.2, 0.25) is 0 Å². The second kappa shape index (κ2) is 5.62. The first kappa shape index (κ1) is 14.5. The normalized spacial score (nSPS) is 21.9. The number of nitrogens with one attached hydrogen (secondary N) is 1. The standard InChI is InChI=1S/C13H19N3O4/c1-3-9-7-10(16(4-2)15-9)11(17)14-13(12(18)19)5-6-20-8-13/h7H,3-6,8H2,1-2H3,(H,14,17)(H,18,19). The van der Waals surface area contributed by atoms with E-state index in [0.29, 0.717) is 18.8 Å². The van der Waals surface area contributed by atoms with Crippen molar-refractivity contribution < 1.29 is 19.4 Å². The first-order valence-corrected chi connectivity index (χ1v) is 6.72. The van der Waals surface area contributed by atoms with E-state index in [4.69, 9.17) is 4.74 Å². The Morgan fingerprint density at radius 2 is 2.30 bits per heavy atom. The maximum atomic E-state index is 12.3. The van der Waals surface area contributed by atoms with Gasteiger partial charge in [0.1, 0.15) is 5.69 Å². The van der Waals surface area contributed by atoms with Crippen molar-refractivity contribution >= 4 is 11.9 Å². The van der Waals surface area contributed by atoms with Gasteiger partial charge in [-0.05, 0) is 19.4 Å². The highest BCUT2D eigenvalue weighted by Crippen LogP contribution is 2.20. The van der Waals surface area contributed by atoms with E-state index in [9.17, 15) is 14.7 Å². The van der Waals surface area contributed by atoms with Crippen molar-refractivity contribution in [3.63, 3.8) is 0 Å². The van der Waals surface area contributed by atoms with Gasteiger partial charge in [0.05, 0.1) is 12.3 Å². The lowest BCUT2D eigenvalue weighted by molar-refractivity contribution is -0.144. The largest absolute Gasteiger partial charge is 0.479 e. The van der Waals surface area contributed by atoms with Gasteiger partial charge in [-0.15, -0.1) is 0 Å². The van der Waals surface area contributed by atoms with Crippen molar-refractivity contribution in [2.45, 2.75) is 38.8 Å². The minimum absolute atomic E-state index is 0.00499. The molecule has 1 amide bonds. The van der Waals surface area contributed by atoms with Crippen LogP contribution in [0, 0.1) is 0 Å². The smallest absolute Gasteiger partial charge is 0.331 e. The van der Waals surface area contributed by atoms with Gasteiger partial charge >= 0.3 is 5.97 Å². The second-order valence-electron chi connectivity index (χ2n) is 4.83. The molecule has 7 heteroatoms. The molecule has 2 heterocycles. The van der Waals surface area contributed by atoms with Crippen LogP contribution in [0.1, 0.15) is 36.5 Å². The molecule has 2 rings (SSSR count). The third kappa shape index (κ3) is 2.53. The number of hydrogen-bond donors (Lipinski definition) is 2. The summed E-state index contributed by atoms with van der Waals surface area (Å²) < 4.78 is 6.71. The number of carboxylic acids is 1. The number of aryl methyl sites for hydroxylation is 2. The predicted molar refractivity (Wildman–Crippen MR) is 70.5 cm³/mol. The van der Waals surface area contributed by atoms with E-state index in [-0.39, 0.29) is 13.0 Å². The van der Waals surface area contributed by atoms with E-state index in [0.717, 1.165) is 12.1 Å². The molecule has 110 valence electrons. The molecule has 0 aliphatic carbocycles. The van der Waals surface area contributed by atoms with Crippen LogP contribution in [0.2, 0.25) is 0 Å². The summed E-state index contributed by atoms with van der Waals surface area (Å²) in [4.78, 5) is 23.7. The topological polar surface area (TPSA) is 93.5 Å². The van der Waals surface area contributed by atoms with Gasteiger partial charge in [-0.1, -0.05) is 6.92 Å². The van der Waals surface area contributed by atoms with Gasteiger partial charge in [0.25, 0.3) is 5.91 Å². The number of carbonyl (C=O) groups is 2. The number of amides is 1. The summed E-state index contributed by atoms with van der Waals surface area (Å²) in [5, 5.41) is 16.2. The molecule has 0 bridgehead atoms. The van der Waals surface area contributed by atoms with Gasteiger partial charge in [-0.3, -0.25) is 9.48 Å². The quantitative estimate of drug-likeness (QED) is 0.816. The first-order chi connectivity index (χ1) is 9.52. The number of ether oxygens (including phenoxy) is 1. The third-order valence-electron chi connectivity index (χ3n) is 3.51. The lowest BCUT2D eigenvalue weighted by Crippen LogP contribution is -2.55. The van der Waals surface area contributed by atoms with E-state index in [1.807, 2.05) is 13.8 Å². The molecule has 1 saturated heterocycles. The van der Waals surface area contributed by atoms with Crippen LogP contribution in [0.4, 0.5) is 0 Å². The van der Waals surface area contributed by atoms with Crippen LogP contribution in [0.3, 0.4) is 0 Å². The molecule has 1 aliphatic rings. The van der Waals surface area contributed by atoms with Crippen LogP contribution in [0.15, 0.2) is 6.07 Å². The van der Waals surface area contributed by atoms with E-state index < -0.39 is 17.4 Å². The molecule has 7 nitrogen and oxygen atoms in total. The average Bonchev–Trinajstić information content (AvgIpc) is 3.05. The highest BCUT2D eigenvalue weighted by Gasteiger charge is 2.44. The lowest BCUT2D eigenvalue weighted by atomic mass is 9.99. The molecule has 20 heavy (non-hydrogen) atoms. The van der Waals surface area contributed by atoms with Crippen molar-refractivity contribution in [2.75, 3.05) is 13.2 Å². The summed E-state index contributed by atoms with van der Waals surface area (Å²) in [7, 11) is 0. The number of hydrogen-bond acceptors (Lipinski definition) is 4. The summed E-state index contributed by atoms with van der Waals surface area (Å²) in [6.07, 6.45) is 0.995. The van der Waals surface area contributed by atoms with Crippen LogP contribution >= 0.6 is 0 Å². The fraction of sp³-hybridized carbons (Fsp3) is 0.615. The Kier molecular flexibility index (Phi) is 4.08. The monoisotopic (exact) mass is 281 g/mol. The predicted octanol–water partition coefficient (Wildman–Crippen LogP) is 0.439. The molecule has 0 spiro atoms. The Balaban J connectivity index is 2.23. The minimum Gasteiger partial charge on any atom is -0.479 e. The van der Waals surface area contributed by atoms with E-state index in [1.54, 1.807) is 10.7 Å². The van der Waals surface area contributed by atoms with Crippen LogP contribution in [0.25, 0.3) is 0 Å². The molecule has 1 fully saturated rings. The molecule has 1 aromatic heterocycles. The third-order valence-corrected chi connectivity index (χ3v) is 3.51. The molecule has 1 aliphatic heterocycles. The number of rotatable bonds is 5. The average molecular weight is 281 g/mol. The lowest BCUT2D eigenvalue weighted by Gasteiger charge is -2.23. The Bertz CT molecular complexity index is 518. The molecule has 0 radical (unpaired) electrons. The van der Waals surface area contributed by atoms with E-state index in [2.05, 4.69) is 10.4 Å². The summed E-state index contributed by atoms with van der Waals surface area (Å²) in [6, 6.07) is 1.70. The van der Waals surface area contributed by atoms with Gasteiger partial charge in [0.15, 0.2) is 5.54 Å². The summed E-state index contributed by atoms with van der Waals surface area (Å²) in [5.74, 6) is -1.49. The Labute approximate surface area is 116 Å². The highest BCUT2D eigenvalue weighted by atomic mass is 16.5. The fourth-order valence-corrected chi connectivity index (χ4v) is 2.23.